The van der Waals surface area contributed by atoms with Gasteiger partial charge in [0.15, 0.2) is 13.5 Å². The molecule has 1 aromatic heterocycles. The number of aromatic nitrogens is 2. The lowest BCUT2D eigenvalue weighted by molar-refractivity contribution is 0.0118. The summed E-state index contributed by atoms with van der Waals surface area (Å²) in [6, 6.07) is 0. The van der Waals surface area contributed by atoms with E-state index in [-0.39, 0.29) is 0 Å². The molecular formula is C14H27N3O4SSi. The summed E-state index contributed by atoms with van der Waals surface area (Å²) in [7, 11) is -2.07. The maximum Gasteiger partial charge on any atom is 0.192 e. The highest BCUT2D eigenvalue weighted by molar-refractivity contribution is 8.00. The Morgan fingerprint density at radius 2 is 1.61 bits per heavy atom. The fraction of sp³-hybridized carbons (Fsp3) is 0.714. The monoisotopic (exact) mass is 361 g/mol. The summed E-state index contributed by atoms with van der Waals surface area (Å²) >= 11 is 1.49. The van der Waals surface area contributed by atoms with Gasteiger partial charge in [0.05, 0.1) is 39.6 Å². The van der Waals surface area contributed by atoms with Crippen molar-refractivity contribution in [1.82, 2.24) is 9.97 Å². The third-order valence-electron chi connectivity index (χ3n) is 2.51. The Labute approximate surface area is 143 Å². The van der Waals surface area contributed by atoms with E-state index in [0.717, 1.165) is 5.56 Å². The van der Waals surface area contributed by atoms with Crippen molar-refractivity contribution in [2.45, 2.75) is 24.9 Å². The predicted molar refractivity (Wildman–Crippen MR) is 92.8 cm³/mol. The van der Waals surface area contributed by atoms with Gasteiger partial charge in [0.1, 0.15) is 0 Å². The molecule has 7 nitrogen and oxygen atoms in total. The molecule has 9 heteroatoms. The number of ether oxygens (including phenoxy) is 3. The van der Waals surface area contributed by atoms with Crippen LogP contribution in [0.25, 0.3) is 0 Å². The highest BCUT2D eigenvalue weighted by atomic mass is 32.2. The topological polar surface area (TPSA) is 99.7 Å². The Hall–Kier alpha value is -0.553. The van der Waals surface area contributed by atoms with Crippen LogP contribution in [0.15, 0.2) is 17.6 Å². The molecule has 132 valence electrons. The lowest BCUT2D eigenvalue weighted by atomic mass is 10.4. The van der Waals surface area contributed by atoms with Gasteiger partial charge in [0.2, 0.25) is 0 Å². The Balaban J connectivity index is 2.07. The van der Waals surface area contributed by atoms with E-state index in [1.807, 2.05) is 13.1 Å². The SMILES string of the molecule is C[Si](C)(O)CSc1ncc(COCCOCCOCCN)cn1. The van der Waals surface area contributed by atoms with Gasteiger partial charge >= 0.3 is 0 Å². The third-order valence-corrected chi connectivity index (χ3v) is 6.38. The number of hydrogen-bond donors (Lipinski definition) is 2. The molecule has 1 rings (SSSR count). The van der Waals surface area contributed by atoms with Gasteiger partial charge in [-0.15, -0.1) is 0 Å². The second-order valence-electron chi connectivity index (χ2n) is 5.54. The molecule has 0 spiro atoms. The molecule has 3 N–H and O–H groups in total. The van der Waals surface area contributed by atoms with E-state index < -0.39 is 8.32 Å². The zero-order valence-electron chi connectivity index (χ0n) is 13.9. The van der Waals surface area contributed by atoms with E-state index in [1.165, 1.54) is 11.8 Å². The fourth-order valence-corrected chi connectivity index (χ4v) is 3.63. The maximum absolute atomic E-state index is 9.80. The van der Waals surface area contributed by atoms with Crippen molar-refractivity contribution in [3.05, 3.63) is 18.0 Å². The summed E-state index contributed by atoms with van der Waals surface area (Å²) in [5.41, 5.74) is 6.22. The molecule has 0 radical (unpaired) electrons. The minimum absolute atomic E-state index is 0.457. The molecule has 0 amide bonds. The molecule has 0 aromatic carbocycles. The standard InChI is InChI=1S/C14H27N3O4SSi/c1-23(2,18)12-22-14-16-9-13(10-17-14)11-21-8-7-20-6-5-19-4-3-15/h9-10,18H,3-8,11-12,15H2,1-2H3. The average Bonchev–Trinajstić information content (AvgIpc) is 2.52. The van der Waals surface area contributed by atoms with Crippen LogP contribution in [0.3, 0.4) is 0 Å². The first-order valence-electron chi connectivity index (χ1n) is 7.60. The van der Waals surface area contributed by atoms with Crippen molar-refractivity contribution < 1.29 is 19.0 Å². The summed E-state index contributed by atoms with van der Waals surface area (Å²) < 4.78 is 16.0. The molecule has 1 heterocycles. The largest absolute Gasteiger partial charge is 0.431 e. The molecular weight excluding hydrogens is 334 g/mol. The van der Waals surface area contributed by atoms with Gasteiger partial charge in [-0.1, -0.05) is 11.8 Å². The summed E-state index contributed by atoms with van der Waals surface area (Å²) in [4.78, 5) is 18.3. The van der Waals surface area contributed by atoms with E-state index in [4.69, 9.17) is 19.9 Å². The van der Waals surface area contributed by atoms with Gasteiger partial charge in [0.25, 0.3) is 0 Å². The van der Waals surface area contributed by atoms with Crippen LogP contribution in [0.2, 0.25) is 13.1 Å². The maximum atomic E-state index is 9.80. The first-order chi connectivity index (χ1) is 11.0. The first-order valence-corrected chi connectivity index (χ1v) is 11.7. The quantitative estimate of drug-likeness (QED) is 0.230. The molecule has 0 aliphatic rings. The van der Waals surface area contributed by atoms with Crippen molar-refractivity contribution >= 4 is 20.1 Å². The Morgan fingerprint density at radius 3 is 2.17 bits per heavy atom. The van der Waals surface area contributed by atoms with Crippen LogP contribution in [0, 0.1) is 0 Å². The Morgan fingerprint density at radius 1 is 1.04 bits per heavy atom. The summed E-state index contributed by atoms with van der Waals surface area (Å²) in [6.07, 6.45) is 3.51. The van der Waals surface area contributed by atoms with E-state index in [0.29, 0.717) is 56.7 Å². The second-order valence-corrected chi connectivity index (χ2v) is 11.0. The highest BCUT2D eigenvalue weighted by Crippen LogP contribution is 2.16. The number of hydrogen-bond acceptors (Lipinski definition) is 8. The van der Waals surface area contributed by atoms with Crippen LogP contribution >= 0.6 is 11.8 Å². The van der Waals surface area contributed by atoms with Crippen LogP contribution in [-0.4, -0.2) is 68.0 Å². The molecule has 0 aliphatic heterocycles. The summed E-state index contributed by atoms with van der Waals surface area (Å²) in [6.45, 7) is 7.48. The van der Waals surface area contributed by atoms with Crippen molar-refractivity contribution in [2.75, 3.05) is 45.0 Å². The predicted octanol–water partition coefficient (Wildman–Crippen LogP) is 0.814. The van der Waals surface area contributed by atoms with Crippen LogP contribution in [0.4, 0.5) is 0 Å². The smallest absolute Gasteiger partial charge is 0.192 e. The van der Waals surface area contributed by atoms with Crippen molar-refractivity contribution in [1.29, 1.82) is 0 Å². The van der Waals surface area contributed by atoms with E-state index in [2.05, 4.69) is 9.97 Å². The molecule has 23 heavy (non-hydrogen) atoms. The molecule has 0 unspecified atom stereocenters. The lowest BCUT2D eigenvalue weighted by Crippen LogP contribution is -2.29. The Bertz CT molecular complexity index is 417. The minimum atomic E-state index is -2.07. The number of rotatable bonds is 13. The minimum Gasteiger partial charge on any atom is -0.431 e. The van der Waals surface area contributed by atoms with E-state index in [1.54, 1.807) is 12.4 Å². The van der Waals surface area contributed by atoms with E-state index in [9.17, 15) is 4.80 Å². The summed E-state index contributed by atoms with van der Waals surface area (Å²) in [5.74, 6) is 0. The molecule has 0 saturated carbocycles. The molecule has 0 fully saturated rings. The molecule has 1 aromatic rings. The lowest BCUT2D eigenvalue weighted by Gasteiger charge is -2.12. The van der Waals surface area contributed by atoms with E-state index >= 15 is 0 Å². The van der Waals surface area contributed by atoms with Crippen LogP contribution < -0.4 is 5.73 Å². The number of nitrogens with two attached hydrogens (primary N) is 1. The van der Waals surface area contributed by atoms with Crippen LogP contribution in [-0.2, 0) is 20.8 Å². The van der Waals surface area contributed by atoms with Gasteiger partial charge in [0, 0.05) is 29.9 Å². The molecule has 0 aliphatic carbocycles. The zero-order chi connectivity index (χ0) is 17.0. The van der Waals surface area contributed by atoms with Crippen molar-refractivity contribution in [2.24, 2.45) is 5.73 Å². The molecule has 0 bridgehead atoms. The number of thioether (sulfide) groups is 1. The molecule has 0 atom stereocenters. The fourth-order valence-electron chi connectivity index (χ4n) is 1.45. The first kappa shape index (κ1) is 20.5. The van der Waals surface area contributed by atoms with Crippen molar-refractivity contribution in [3.8, 4) is 0 Å². The van der Waals surface area contributed by atoms with Gasteiger partial charge in [-0.2, -0.15) is 0 Å². The molecule has 0 saturated heterocycles. The average molecular weight is 362 g/mol. The van der Waals surface area contributed by atoms with Gasteiger partial charge in [-0.05, 0) is 13.1 Å². The normalized spacial score (nSPS) is 11.8. The van der Waals surface area contributed by atoms with Crippen LogP contribution in [0.5, 0.6) is 0 Å². The van der Waals surface area contributed by atoms with Gasteiger partial charge in [-0.25, -0.2) is 9.97 Å². The second kappa shape index (κ2) is 11.9. The number of nitrogens with zero attached hydrogens (tertiary/aromatic N) is 2. The van der Waals surface area contributed by atoms with Crippen LogP contribution in [0.1, 0.15) is 5.56 Å². The highest BCUT2D eigenvalue weighted by Gasteiger charge is 2.17. The van der Waals surface area contributed by atoms with Gasteiger partial charge < -0.3 is 24.7 Å². The van der Waals surface area contributed by atoms with Crippen molar-refractivity contribution in [3.63, 3.8) is 0 Å². The Kier molecular flexibility index (Phi) is 10.6. The third kappa shape index (κ3) is 11.6. The summed E-state index contributed by atoms with van der Waals surface area (Å²) in [5, 5.41) is 1.37. The van der Waals surface area contributed by atoms with Gasteiger partial charge in [-0.3, -0.25) is 0 Å². The zero-order valence-corrected chi connectivity index (χ0v) is 15.7.